The molecule has 0 bridgehead atoms. The summed E-state index contributed by atoms with van der Waals surface area (Å²) in [6.45, 7) is 4.06. The molecule has 0 radical (unpaired) electrons. The lowest BCUT2D eigenvalue weighted by Gasteiger charge is -2.19. The predicted octanol–water partition coefficient (Wildman–Crippen LogP) is 1.78. The Kier molecular flexibility index (Phi) is 4.39. The molecule has 0 aromatic carbocycles. The number of methoxy groups -OCH3 is 1. The van der Waals surface area contributed by atoms with Gasteiger partial charge in [0.25, 0.3) is 5.78 Å². The van der Waals surface area contributed by atoms with E-state index in [0.717, 1.165) is 0 Å². The molecule has 7 nitrogen and oxygen atoms in total. The maximum atomic E-state index is 11.8. The van der Waals surface area contributed by atoms with Gasteiger partial charge in [0, 0.05) is 6.07 Å². The van der Waals surface area contributed by atoms with Crippen molar-refractivity contribution in [1.29, 1.82) is 0 Å². The van der Waals surface area contributed by atoms with Gasteiger partial charge in [-0.05, 0) is 12.3 Å². The van der Waals surface area contributed by atoms with Gasteiger partial charge in [0.2, 0.25) is 0 Å². The Morgan fingerprint density at radius 2 is 2.30 bits per heavy atom. The van der Waals surface area contributed by atoms with E-state index in [1.165, 1.54) is 18.0 Å². The third-order valence-corrected chi connectivity index (χ3v) is 2.93. The molecule has 2 aromatic heterocycles. The first-order chi connectivity index (χ1) is 9.51. The fourth-order valence-corrected chi connectivity index (χ4v) is 2.07. The maximum absolute atomic E-state index is 11.8. The van der Waals surface area contributed by atoms with Gasteiger partial charge in [-0.15, -0.1) is 0 Å². The van der Waals surface area contributed by atoms with Crippen LogP contribution in [0.25, 0.3) is 5.78 Å². The van der Waals surface area contributed by atoms with Gasteiger partial charge < -0.3 is 10.1 Å². The first kappa shape index (κ1) is 14.5. The van der Waals surface area contributed by atoms with Crippen LogP contribution in [0.2, 0.25) is 5.15 Å². The number of rotatable bonds is 5. The number of fused-ring (bicyclic) bond motifs is 1. The van der Waals surface area contributed by atoms with Crippen LogP contribution in [-0.4, -0.2) is 38.7 Å². The maximum Gasteiger partial charge on any atom is 0.328 e. The van der Waals surface area contributed by atoms with Crippen LogP contribution in [0.3, 0.4) is 0 Å². The SMILES string of the molecule is COC(=O)C(CC(C)C)Nc1cc(Cl)nc2ncnn12. The molecule has 2 aromatic rings. The van der Waals surface area contributed by atoms with Crippen molar-refractivity contribution in [3.8, 4) is 0 Å². The molecule has 0 aliphatic heterocycles. The van der Waals surface area contributed by atoms with Crippen LogP contribution in [0.4, 0.5) is 5.82 Å². The monoisotopic (exact) mass is 297 g/mol. The molecule has 0 aliphatic carbocycles. The highest BCUT2D eigenvalue weighted by molar-refractivity contribution is 6.29. The predicted molar refractivity (Wildman–Crippen MR) is 74.7 cm³/mol. The van der Waals surface area contributed by atoms with E-state index < -0.39 is 6.04 Å². The first-order valence-corrected chi connectivity index (χ1v) is 6.59. The molecular formula is C12H16ClN5O2. The molecule has 20 heavy (non-hydrogen) atoms. The average Bonchev–Trinajstić information content (AvgIpc) is 2.84. The highest BCUT2D eigenvalue weighted by Crippen LogP contribution is 2.18. The highest BCUT2D eigenvalue weighted by Gasteiger charge is 2.22. The van der Waals surface area contributed by atoms with Crippen molar-refractivity contribution in [3.05, 3.63) is 17.5 Å². The summed E-state index contributed by atoms with van der Waals surface area (Å²) in [5.74, 6) is 0.914. The number of nitrogens with zero attached hydrogens (tertiary/aromatic N) is 4. The van der Waals surface area contributed by atoms with Gasteiger partial charge in [0.1, 0.15) is 23.3 Å². The van der Waals surface area contributed by atoms with Crippen LogP contribution in [0.1, 0.15) is 20.3 Å². The summed E-state index contributed by atoms with van der Waals surface area (Å²) in [5.41, 5.74) is 0. The molecule has 1 unspecified atom stereocenters. The van der Waals surface area contributed by atoms with Gasteiger partial charge >= 0.3 is 5.97 Å². The molecule has 0 aliphatic rings. The molecule has 0 fully saturated rings. The Hall–Kier alpha value is -1.89. The van der Waals surface area contributed by atoms with Crippen LogP contribution in [-0.2, 0) is 9.53 Å². The largest absolute Gasteiger partial charge is 0.467 e. The zero-order valence-electron chi connectivity index (χ0n) is 11.5. The molecule has 0 amide bonds. The number of halogens is 1. The summed E-state index contributed by atoms with van der Waals surface area (Å²) in [6.07, 6.45) is 2.00. The Bertz CT molecular complexity index is 613. The number of carbonyl (C=O) groups excluding carboxylic acids is 1. The molecular weight excluding hydrogens is 282 g/mol. The topological polar surface area (TPSA) is 81.4 Å². The van der Waals surface area contributed by atoms with Gasteiger partial charge in [-0.1, -0.05) is 25.4 Å². The minimum Gasteiger partial charge on any atom is -0.467 e. The van der Waals surface area contributed by atoms with Crippen molar-refractivity contribution in [2.75, 3.05) is 12.4 Å². The molecule has 0 saturated heterocycles. The summed E-state index contributed by atoms with van der Waals surface area (Å²) >= 11 is 5.93. The number of hydrogen-bond acceptors (Lipinski definition) is 6. The second-order valence-corrected chi connectivity index (χ2v) is 5.17. The minimum absolute atomic E-state index is 0.279. The second-order valence-electron chi connectivity index (χ2n) is 4.79. The summed E-state index contributed by atoms with van der Waals surface area (Å²) in [6, 6.07) is 1.12. The van der Waals surface area contributed by atoms with Crippen molar-refractivity contribution >= 4 is 29.2 Å². The van der Waals surface area contributed by atoms with Gasteiger partial charge in [-0.2, -0.15) is 19.6 Å². The van der Waals surface area contributed by atoms with E-state index in [1.807, 2.05) is 13.8 Å². The van der Waals surface area contributed by atoms with E-state index in [2.05, 4.69) is 20.4 Å². The molecule has 2 heterocycles. The van der Waals surface area contributed by atoms with Crippen LogP contribution < -0.4 is 5.32 Å². The zero-order chi connectivity index (χ0) is 14.7. The van der Waals surface area contributed by atoms with Gasteiger partial charge in [-0.3, -0.25) is 0 Å². The lowest BCUT2D eigenvalue weighted by atomic mass is 10.0. The summed E-state index contributed by atoms with van der Waals surface area (Å²) < 4.78 is 6.30. The van der Waals surface area contributed by atoms with E-state index in [0.29, 0.717) is 23.9 Å². The summed E-state index contributed by atoms with van der Waals surface area (Å²) in [5, 5.41) is 7.42. The third-order valence-electron chi connectivity index (χ3n) is 2.74. The third kappa shape index (κ3) is 3.16. The number of hydrogen-bond donors (Lipinski definition) is 1. The van der Waals surface area contributed by atoms with Crippen LogP contribution in [0.5, 0.6) is 0 Å². The van der Waals surface area contributed by atoms with Crippen molar-refractivity contribution in [1.82, 2.24) is 19.6 Å². The van der Waals surface area contributed by atoms with E-state index >= 15 is 0 Å². The van der Waals surface area contributed by atoms with Crippen molar-refractivity contribution in [2.24, 2.45) is 5.92 Å². The molecule has 1 N–H and O–H groups in total. The molecule has 108 valence electrons. The van der Waals surface area contributed by atoms with E-state index in [-0.39, 0.29) is 11.1 Å². The summed E-state index contributed by atoms with van der Waals surface area (Å²) in [7, 11) is 1.36. The van der Waals surface area contributed by atoms with Crippen LogP contribution in [0, 0.1) is 5.92 Å². The number of aromatic nitrogens is 4. The quantitative estimate of drug-likeness (QED) is 0.669. The molecule has 0 saturated carbocycles. The Morgan fingerprint density at radius 1 is 1.55 bits per heavy atom. The molecule has 2 rings (SSSR count). The fourth-order valence-electron chi connectivity index (χ4n) is 1.89. The number of ether oxygens (including phenoxy) is 1. The van der Waals surface area contributed by atoms with Crippen LogP contribution >= 0.6 is 11.6 Å². The summed E-state index contributed by atoms with van der Waals surface area (Å²) in [4.78, 5) is 19.8. The lowest BCUT2D eigenvalue weighted by Crippen LogP contribution is -2.33. The highest BCUT2D eigenvalue weighted by atomic mass is 35.5. The van der Waals surface area contributed by atoms with Gasteiger partial charge in [0.15, 0.2) is 0 Å². The number of carbonyl (C=O) groups is 1. The van der Waals surface area contributed by atoms with Crippen molar-refractivity contribution in [2.45, 2.75) is 26.3 Å². The number of esters is 1. The smallest absolute Gasteiger partial charge is 0.328 e. The molecule has 8 heteroatoms. The Labute approximate surface area is 121 Å². The first-order valence-electron chi connectivity index (χ1n) is 6.22. The Morgan fingerprint density at radius 3 is 2.95 bits per heavy atom. The molecule has 1 atom stereocenters. The van der Waals surface area contributed by atoms with Crippen molar-refractivity contribution < 1.29 is 9.53 Å². The fraction of sp³-hybridized carbons (Fsp3) is 0.500. The van der Waals surface area contributed by atoms with Crippen LogP contribution in [0.15, 0.2) is 12.4 Å². The van der Waals surface area contributed by atoms with Gasteiger partial charge in [-0.25, -0.2) is 4.79 Å². The second kappa shape index (κ2) is 6.04. The average molecular weight is 298 g/mol. The number of anilines is 1. The normalized spacial score (nSPS) is 12.7. The van der Waals surface area contributed by atoms with Gasteiger partial charge in [0.05, 0.1) is 7.11 Å². The van der Waals surface area contributed by atoms with E-state index in [1.54, 1.807) is 6.07 Å². The standard InChI is InChI=1S/C12H16ClN5O2/c1-7(2)4-8(11(19)20-3)16-10-5-9(13)17-12-14-6-15-18(10)12/h5-8,16H,4H2,1-3H3. The van der Waals surface area contributed by atoms with E-state index in [9.17, 15) is 4.79 Å². The van der Waals surface area contributed by atoms with E-state index in [4.69, 9.17) is 16.3 Å². The number of nitrogens with one attached hydrogen (secondary N) is 1. The van der Waals surface area contributed by atoms with Crippen molar-refractivity contribution in [3.63, 3.8) is 0 Å². The molecule has 0 spiro atoms. The minimum atomic E-state index is -0.481. The Balaban J connectivity index is 2.32. The lowest BCUT2D eigenvalue weighted by molar-refractivity contribution is -0.141. The zero-order valence-corrected chi connectivity index (χ0v) is 12.3.